The van der Waals surface area contributed by atoms with E-state index in [-0.39, 0.29) is 11.7 Å². The van der Waals surface area contributed by atoms with Gasteiger partial charge in [0.05, 0.1) is 5.39 Å². The van der Waals surface area contributed by atoms with Gasteiger partial charge in [0.25, 0.3) is 0 Å². The van der Waals surface area contributed by atoms with Gasteiger partial charge >= 0.3 is 6.03 Å². The largest absolute Gasteiger partial charge is 0.367 e. The van der Waals surface area contributed by atoms with Crippen molar-refractivity contribution < 1.29 is 13.7 Å². The van der Waals surface area contributed by atoms with Gasteiger partial charge in [0.1, 0.15) is 11.3 Å². The molecule has 0 unspecified atom stereocenters. The lowest BCUT2D eigenvalue weighted by molar-refractivity contribution is 0.262. The van der Waals surface area contributed by atoms with Gasteiger partial charge < -0.3 is 20.9 Å². The van der Waals surface area contributed by atoms with Crippen LogP contribution in [0.3, 0.4) is 0 Å². The normalized spacial score (nSPS) is 10.8. The Hall–Kier alpha value is -3.87. The van der Waals surface area contributed by atoms with E-state index in [1.807, 2.05) is 30.3 Å². The molecule has 140 valence electrons. The summed E-state index contributed by atoms with van der Waals surface area (Å²) in [4.78, 5) is 12.1. The molecule has 0 saturated carbocycles. The molecule has 1 aromatic heterocycles. The fourth-order valence-corrected chi connectivity index (χ4v) is 2.96. The number of nitrogen functional groups attached to an aromatic ring is 1. The van der Waals surface area contributed by atoms with Crippen LogP contribution in [-0.4, -0.2) is 11.2 Å². The van der Waals surface area contributed by atoms with Crippen molar-refractivity contribution in [2.45, 2.75) is 6.92 Å². The van der Waals surface area contributed by atoms with Gasteiger partial charge in [-0.2, -0.15) is 0 Å². The number of aryl methyl sites for hydroxylation is 1. The van der Waals surface area contributed by atoms with E-state index in [0.29, 0.717) is 22.5 Å². The number of nitrogens with zero attached hydrogens (tertiary/aromatic N) is 1. The molecule has 0 bridgehead atoms. The van der Waals surface area contributed by atoms with E-state index in [1.165, 1.54) is 6.07 Å². The third-order valence-corrected chi connectivity index (χ3v) is 4.41. The van der Waals surface area contributed by atoms with Crippen LogP contribution in [0, 0.1) is 12.7 Å². The van der Waals surface area contributed by atoms with Crippen LogP contribution >= 0.6 is 0 Å². The topological polar surface area (TPSA) is 93.2 Å². The zero-order valence-corrected chi connectivity index (χ0v) is 15.0. The third kappa shape index (κ3) is 3.37. The quantitative estimate of drug-likeness (QED) is 0.460. The minimum Gasteiger partial charge on any atom is -0.367 e. The summed E-state index contributed by atoms with van der Waals surface area (Å²) < 4.78 is 18.6. The minimum absolute atomic E-state index is 0.262. The molecule has 0 saturated heterocycles. The average Bonchev–Trinajstić information content (AvgIpc) is 3.07. The van der Waals surface area contributed by atoms with Gasteiger partial charge in [0.2, 0.25) is 5.88 Å². The molecule has 4 aromatic rings. The molecule has 4 rings (SSSR count). The fourth-order valence-electron chi connectivity index (χ4n) is 2.96. The Morgan fingerprint density at radius 3 is 2.50 bits per heavy atom. The highest BCUT2D eigenvalue weighted by Crippen LogP contribution is 2.32. The minimum atomic E-state index is -0.457. The van der Waals surface area contributed by atoms with Crippen molar-refractivity contribution >= 4 is 34.2 Å². The van der Waals surface area contributed by atoms with Crippen molar-refractivity contribution in [1.29, 1.82) is 0 Å². The van der Waals surface area contributed by atoms with Crippen molar-refractivity contribution in [3.8, 4) is 11.1 Å². The predicted molar refractivity (Wildman–Crippen MR) is 108 cm³/mol. The van der Waals surface area contributed by atoms with Crippen molar-refractivity contribution in [2.24, 2.45) is 0 Å². The van der Waals surface area contributed by atoms with Crippen LogP contribution < -0.4 is 16.4 Å². The van der Waals surface area contributed by atoms with Crippen LogP contribution in [0.5, 0.6) is 0 Å². The Balaban J connectivity index is 1.51. The maximum Gasteiger partial charge on any atom is 0.323 e. The lowest BCUT2D eigenvalue weighted by Gasteiger charge is -2.09. The van der Waals surface area contributed by atoms with Crippen molar-refractivity contribution in [3.63, 3.8) is 0 Å². The number of nitrogens with one attached hydrogen (secondary N) is 2. The summed E-state index contributed by atoms with van der Waals surface area (Å²) in [6.07, 6.45) is 0. The molecule has 1 heterocycles. The number of halogens is 1. The summed E-state index contributed by atoms with van der Waals surface area (Å²) in [6.45, 7) is 1.66. The summed E-state index contributed by atoms with van der Waals surface area (Å²) in [5, 5.41) is 10.00. The molecule has 0 radical (unpaired) electrons. The Morgan fingerprint density at radius 2 is 1.75 bits per heavy atom. The summed E-state index contributed by atoms with van der Waals surface area (Å²) in [5.74, 6) is -0.109. The number of amides is 2. The Bertz CT molecular complexity index is 1170. The van der Waals surface area contributed by atoms with E-state index < -0.39 is 6.03 Å². The standard InChI is InChI=1S/C21H17FN4O2/c1-12-5-8-15(11-17(12)22)25-21(27)24-14-9-6-13(7-10-14)16-3-2-4-18-19(16)20(23)28-26-18/h2-11H,23H2,1H3,(H2,24,25,27). The molecule has 6 nitrogen and oxygen atoms in total. The van der Waals surface area contributed by atoms with E-state index >= 15 is 0 Å². The predicted octanol–water partition coefficient (Wildman–Crippen LogP) is 5.17. The van der Waals surface area contributed by atoms with E-state index in [9.17, 15) is 9.18 Å². The Morgan fingerprint density at radius 1 is 1.04 bits per heavy atom. The number of carbonyl (C=O) groups excluding carboxylic acids is 1. The SMILES string of the molecule is Cc1ccc(NC(=O)Nc2ccc(-c3cccc4noc(N)c34)cc2)cc1F. The van der Waals surface area contributed by atoms with Crippen LogP contribution in [0.2, 0.25) is 0 Å². The number of hydrogen-bond donors (Lipinski definition) is 3. The van der Waals surface area contributed by atoms with Crippen LogP contribution in [0.15, 0.2) is 65.2 Å². The third-order valence-electron chi connectivity index (χ3n) is 4.41. The zero-order chi connectivity index (χ0) is 19.7. The van der Waals surface area contributed by atoms with Gasteiger partial charge in [0.15, 0.2) is 0 Å². The van der Waals surface area contributed by atoms with Crippen molar-refractivity contribution in [3.05, 3.63) is 72.0 Å². The molecule has 0 aliphatic rings. The first-order valence-corrected chi connectivity index (χ1v) is 8.60. The fraction of sp³-hybridized carbons (Fsp3) is 0.0476. The highest BCUT2D eigenvalue weighted by atomic mass is 19.1. The summed E-state index contributed by atoms with van der Waals surface area (Å²) in [7, 11) is 0. The average molecular weight is 376 g/mol. The highest BCUT2D eigenvalue weighted by molar-refractivity contribution is 6.02. The van der Waals surface area contributed by atoms with E-state index in [4.69, 9.17) is 10.3 Å². The van der Waals surface area contributed by atoms with Crippen LogP contribution in [0.4, 0.5) is 26.4 Å². The van der Waals surface area contributed by atoms with E-state index in [0.717, 1.165) is 16.5 Å². The first-order chi connectivity index (χ1) is 13.5. The molecule has 0 aliphatic carbocycles. The molecule has 0 atom stereocenters. The molecule has 0 aliphatic heterocycles. The van der Waals surface area contributed by atoms with E-state index in [1.54, 1.807) is 31.2 Å². The maximum atomic E-state index is 13.6. The number of nitrogens with two attached hydrogens (primary N) is 1. The maximum absolute atomic E-state index is 13.6. The second-order valence-corrected chi connectivity index (χ2v) is 6.37. The molecular weight excluding hydrogens is 359 g/mol. The molecular formula is C21H17FN4O2. The molecule has 28 heavy (non-hydrogen) atoms. The number of fused-ring (bicyclic) bond motifs is 1. The first-order valence-electron chi connectivity index (χ1n) is 8.60. The number of anilines is 3. The number of carbonyl (C=O) groups is 1. The summed E-state index contributed by atoms with van der Waals surface area (Å²) in [5.41, 5.74) is 9.86. The van der Waals surface area contributed by atoms with Gasteiger partial charge in [-0.1, -0.05) is 35.5 Å². The summed E-state index contributed by atoms with van der Waals surface area (Å²) >= 11 is 0. The number of urea groups is 1. The molecule has 7 heteroatoms. The Labute approximate surface area is 160 Å². The summed E-state index contributed by atoms with van der Waals surface area (Å²) in [6, 6.07) is 17.0. The number of aromatic nitrogens is 1. The monoisotopic (exact) mass is 376 g/mol. The Kier molecular flexibility index (Phi) is 4.41. The van der Waals surface area contributed by atoms with Crippen molar-refractivity contribution in [1.82, 2.24) is 5.16 Å². The number of hydrogen-bond acceptors (Lipinski definition) is 4. The first kappa shape index (κ1) is 17.5. The van der Waals surface area contributed by atoms with Crippen LogP contribution in [0.25, 0.3) is 22.0 Å². The van der Waals surface area contributed by atoms with E-state index in [2.05, 4.69) is 15.8 Å². The molecule has 2 amide bonds. The highest BCUT2D eigenvalue weighted by Gasteiger charge is 2.12. The van der Waals surface area contributed by atoms with Gasteiger partial charge in [-0.25, -0.2) is 9.18 Å². The zero-order valence-electron chi connectivity index (χ0n) is 15.0. The number of benzene rings is 3. The molecule has 4 N–H and O–H groups in total. The van der Waals surface area contributed by atoms with Gasteiger partial charge in [-0.15, -0.1) is 0 Å². The molecule has 0 spiro atoms. The van der Waals surface area contributed by atoms with Crippen molar-refractivity contribution in [2.75, 3.05) is 16.4 Å². The molecule has 0 fully saturated rings. The lowest BCUT2D eigenvalue weighted by atomic mass is 10.0. The molecule has 3 aromatic carbocycles. The smallest absolute Gasteiger partial charge is 0.323 e. The van der Waals surface area contributed by atoms with Gasteiger partial charge in [-0.05, 0) is 53.9 Å². The van der Waals surface area contributed by atoms with Crippen LogP contribution in [-0.2, 0) is 0 Å². The second kappa shape index (κ2) is 7.03. The lowest BCUT2D eigenvalue weighted by Crippen LogP contribution is -2.19. The number of rotatable bonds is 3. The second-order valence-electron chi connectivity index (χ2n) is 6.37. The van der Waals surface area contributed by atoms with Gasteiger partial charge in [0, 0.05) is 11.4 Å². The van der Waals surface area contributed by atoms with Gasteiger partial charge in [-0.3, -0.25) is 0 Å². The van der Waals surface area contributed by atoms with Crippen LogP contribution in [0.1, 0.15) is 5.56 Å².